The molecule has 2 aromatic heterocycles. The molecule has 4 nitrogen and oxygen atoms in total. The molecule has 0 spiro atoms. The molecule has 0 bridgehead atoms. The standard InChI is InChI=1S/C18H17N3OS/c22-18(17-9-13-3-1-2-4-16(13)23-17)20-7-8-21-14(11-20)10-15(19-21)12-5-6-12/h1-4,9-10,12H,5-8,11H2. The summed E-state index contributed by atoms with van der Waals surface area (Å²) in [5.41, 5.74) is 2.39. The van der Waals surface area contributed by atoms with Crippen LogP contribution in [-0.4, -0.2) is 27.1 Å². The fourth-order valence-corrected chi connectivity index (χ4v) is 4.31. The van der Waals surface area contributed by atoms with Crippen LogP contribution in [-0.2, 0) is 13.1 Å². The zero-order valence-electron chi connectivity index (χ0n) is 12.7. The van der Waals surface area contributed by atoms with E-state index in [2.05, 4.69) is 22.9 Å². The highest BCUT2D eigenvalue weighted by Crippen LogP contribution is 2.39. The molecule has 1 aliphatic carbocycles. The van der Waals surface area contributed by atoms with Crippen molar-refractivity contribution < 1.29 is 4.79 Å². The van der Waals surface area contributed by atoms with Gasteiger partial charge in [0, 0.05) is 17.2 Å². The number of carbonyl (C=O) groups excluding carboxylic acids is 1. The predicted molar refractivity (Wildman–Crippen MR) is 90.8 cm³/mol. The maximum atomic E-state index is 12.8. The van der Waals surface area contributed by atoms with E-state index in [1.165, 1.54) is 28.9 Å². The second-order valence-corrected chi connectivity index (χ2v) is 7.52. The highest BCUT2D eigenvalue weighted by Gasteiger charge is 2.30. The molecule has 0 N–H and O–H groups in total. The molecule has 0 atom stereocenters. The van der Waals surface area contributed by atoms with Crippen LogP contribution < -0.4 is 0 Å². The Morgan fingerprint density at radius 1 is 1.17 bits per heavy atom. The van der Waals surface area contributed by atoms with E-state index in [1.54, 1.807) is 11.3 Å². The van der Waals surface area contributed by atoms with Crippen molar-refractivity contribution in [1.82, 2.24) is 14.7 Å². The van der Waals surface area contributed by atoms with Gasteiger partial charge >= 0.3 is 0 Å². The maximum Gasteiger partial charge on any atom is 0.264 e. The zero-order valence-corrected chi connectivity index (χ0v) is 13.6. The molecule has 1 saturated carbocycles. The van der Waals surface area contributed by atoms with Gasteiger partial charge in [0.15, 0.2) is 0 Å². The van der Waals surface area contributed by atoms with E-state index in [4.69, 9.17) is 5.10 Å². The first kappa shape index (κ1) is 13.3. The first-order valence-corrected chi connectivity index (χ1v) is 8.94. The van der Waals surface area contributed by atoms with Crippen LogP contribution >= 0.6 is 11.3 Å². The number of amides is 1. The van der Waals surface area contributed by atoms with E-state index >= 15 is 0 Å². The average Bonchev–Trinajstić information content (AvgIpc) is 3.20. The molecule has 1 fully saturated rings. The van der Waals surface area contributed by atoms with Gasteiger partial charge in [-0.25, -0.2) is 0 Å². The van der Waals surface area contributed by atoms with Crippen LogP contribution in [0.5, 0.6) is 0 Å². The van der Waals surface area contributed by atoms with Crippen molar-refractivity contribution in [3.05, 3.63) is 52.7 Å². The average molecular weight is 323 g/mol. The van der Waals surface area contributed by atoms with Gasteiger partial charge in [0.1, 0.15) is 0 Å². The minimum atomic E-state index is 0.145. The summed E-state index contributed by atoms with van der Waals surface area (Å²) in [5, 5.41) is 5.85. The monoisotopic (exact) mass is 323 g/mol. The van der Waals surface area contributed by atoms with Gasteiger partial charge in [0.05, 0.1) is 29.4 Å². The molecule has 0 saturated heterocycles. The van der Waals surface area contributed by atoms with Crippen molar-refractivity contribution in [2.45, 2.75) is 31.8 Å². The third kappa shape index (κ3) is 2.27. The molecule has 5 rings (SSSR count). The second-order valence-electron chi connectivity index (χ2n) is 6.43. The summed E-state index contributed by atoms with van der Waals surface area (Å²) in [6, 6.07) is 12.4. The topological polar surface area (TPSA) is 38.1 Å². The lowest BCUT2D eigenvalue weighted by Crippen LogP contribution is -2.38. The van der Waals surface area contributed by atoms with Gasteiger partial charge in [0.25, 0.3) is 5.91 Å². The van der Waals surface area contributed by atoms with E-state index in [0.29, 0.717) is 12.5 Å². The number of nitrogens with zero attached hydrogens (tertiary/aromatic N) is 3. The summed E-state index contributed by atoms with van der Waals surface area (Å²) < 4.78 is 3.26. The van der Waals surface area contributed by atoms with Gasteiger partial charge in [0.2, 0.25) is 0 Å². The Hall–Kier alpha value is -2.14. The van der Waals surface area contributed by atoms with E-state index in [0.717, 1.165) is 23.4 Å². The van der Waals surface area contributed by atoms with E-state index in [1.807, 2.05) is 23.1 Å². The van der Waals surface area contributed by atoms with Gasteiger partial charge in [-0.05, 0) is 36.4 Å². The fraction of sp³-hybridized carbons (Fsp3) is 0.333. The summed E-state index contributed by atoms with van der Waals surface area (Å²) in [7, 11) is 0. The Kier molecular flexibility index (Phi) is 2.85. The van der Waals surface area contributed by atoms with E-state index in [-0.39, 0.29) is 5.91 Å². The smallest absolute Gasteiger partial charge is 0.264 e. The Labute approximate surface area is 138 Å². The molecular formula is C18H17N3OS. The lowest BCUT2D eigenvalue weighted by molar-refractivity contribution is 0.0711. The molecule has 1 amide bonds. The number of hydrogen-bond donors (Lipinski definition) is 0. The molecule has 0 radical (unpaired) electrons. The first-order chi connectivity index (χ1) is 11.3. The Morgan fingerprint density at radius 3 is 2.87 bits per heavy atom. The van der Waals surface area contributed by atoms with Gasteiger partial charge in [-0.15, -0.1) is 11.3 Å². The summed E-state index contributed by atoms with van der Waals surface area (Å²) in [4.78, 5) is 15.6. The third-order valence-electron chi connectivity index (χ3n) is 4.74. The van der Waals surface area contributed by atoms with Gasteiger partial charge in [-0.1, -0.05) is 18.2 Å². The van der Waals surface area contributed by atoms with Crippen LogP contribution in [0.25, 0.3) is 10.1 Å². The van der Waals surface area contributed by atoms with Crippen molar-refractivity contribution in [1.29, 1.82) is 0 Å². The van der Waals surface area contributed by atoms with Crippen LogP contribution in [0, 0.1) is 0 Å². The number of thiophene rings is 1. The highest BCUT2D eigenvalue weighted by atomic mass is 32.1. The van der Waals surface area contributed by atoms with Crippen LogP contribution in [0.15, 0.2) is 36.4 Å². The number of hydrogen-bond acceptors (Lipinski definition) is 3. The molecular weight excluding hydrogens is 306 g/mol. The Bertz CT molecular complexity index is 873. The minimum Gasteiger partial charge on any atom is -0.330 e. The van der Waals surface area contributed by atoms with Crippen LogP contribution in [0.3, 0.4) is 0 Å². The second kappa shape index (κ2) is 4.93. The largest absolute Gasteiger partial charge is 0.330 e. The molecule has 23 heavy (non-hydrogen) atoms. The van der Waals surface area contributed by atoms with Crippen molar-refractivity contribution >= 4 is 27.3 Å². The lowest BCUT2D eigenvalue weighted by Gasteiger charge is -2.27. The summed E-state index contributed by atoms with van der Waals surface area (Å²) in [5.74, 6) is 0.812. The molecule has 1 aromatic carbocycles. The van der Waals surface area contributed by atoms with Crippen LogP contribution in [0.4, 0.5) is 0 Å². The molecule has 3 aromatic rings. The van der Waals surface area contributed by atoms with E-state index < -0.39 is 0 Å². The normalized spacial score (nSPS) is 17.5. The summed E-state index contributed by atoms with van der Waals surface area (Å²) in [6.45, 7) is 2.22. The van der Waals surface area contributed by atoms with Gasteiger partial charge in [-0.2, -0.15) is 5.10 Å². The van der Waals surface area contributed by atoms with Crippen LogP contribution in [0.2, 0.25) is 0 Å². The lowest BCUT2D eigenvalue weighted by atomic mass is 10.2. The molecule has 1 aliphatic heterocycles. The van der Waals surface area contributed by atoms with Crippen molar-refractivity contribution in [3.8, 4) is 0 Å². The number of aromatic nitrogens is 2. The number of carbonyl (C=O) groups is 1. The predicted octanol–water partition coefficient (Wildman–Crippen LogP) is 3.63. The third-order valence-corrected chi connectivity index (χ3v) is 5.84. The first-order valence-electron chi connectivity index (χ1n) is 8.12. The van der Waals surface area contributed by atoms with E-state index in [9.17, 15) is 4.79 Å². The molecule has 2 aliphatic rings. The molecule has 116 valence electrons. The Balaban J connectivity index is 1.41. The van der Waals surface area contributed by atoms with Crippen molar-refractivity contribution in [2.75, 3.05) is 6.54 Å². The quantitative estimate of drug-likeness (QED) is 0.722. The van der Waals surface area contributed by atoms with Gasteiger partial charge in [-0.3, -0.25) is 9.48 Å². The highest BCUT2D eigenvalue weighted by molar-refractivity contribution is 7.20. The number of fused-ring (bicyclic) bond motifs is 2. The number of rotatable bonds is 2. The van der Waals surface area contributed by atoms with Crippen LogP contribution in [0.1, 0.15) is 39.8 Å². The molecule has 5 heteroatoms. The van der Waals surface area contributed by atoms with Crippen molar-refractivity contribution in [3.63, 3.8) is 0 Å². The SMILES string of the molecule is O=C(c1cc2ccccc2s1)N1CCn2nc(C3CC3)cc2C1. The van der Waals surface area contributed by atoms with Gasteiger partial charge < -0.3 is 4.90 Å². The number of benzene rings is 1. The minimum absolute atomic E-state index is 0.145. The fourth-order valence-electron chi connectivity index (χ4n) is 3.28. The molecule has 3 heterocycles. The summed E-state index contributed by atoms with van der Waals surface area (Å²) >= 11 is 1.59. The maximum absolute atomic E-state index is 12.8. The van der Waals surface area contributed by atoms with Crippen molar-refractivity contribution in [2.24, 2.45) is 0 Å². The Morgan fingerprint density at radius 2 is 2.04 bits per heavy atom. The summed E-state index contributed by atoms with van der Waals surface area (Å²) in [6.07, 6.45) is 2.53. The molecule has 0 unspecified atom stereocenters. The zero-order chi connectivity index (χ0) is 15.4.